The summed E-state index contributed by atoms with van der Waals surface area (Å²) in [5.41, 5.74) is 6.17. The van der Waals surface area contributed by atoms with Crippen LogP contribution in [0.5, 0.6) is 0 Å². The number of carbonyl (C=O) groups excluding carboxylic acids is 1. The highest BCUT2D eigenvalue weighted by Gasteiger charge is 2.34. The molecule has 0 atom stereocenters. The molecule has 6 heteroatoms. The second kappa shape index (κ2) is 9.43. The number of H-pyrrole nitrogens is 1. The Hall–Kier alpha value is -2.70. The number of hydrogen-bond donors (Lipinski definition) is 1. The molecule has 1 aromatic heterocycles. The van der Waals surface area contributed by atoms with E-state index < -0.39 is 0 Å². The van der Waals surface area contributed by atoms with Crippen LogP contribution in [0.2, 0.25) is 0 Å². The van der Waals surface area contributed by atoms with Crippen molar-refractivity contribution in [1.82, 2.24) is 14.9 Å². The van der Waals surface area contributed by atoms with E-state index in [1.54, 1.807) is 0 Å². The molecule has 1 aliphatic heterocycles. The third-order valence-corrected chi connectivity index (χ3v) is 6.75. The molecule has 2 aromatic carbocycles. The molecule has 1 fully saturated rings. The average Bonchev–Trinajstić information content (AvgIpc) is 3.04. The van der Waals surface area contributed by atoms with Crippen molar-refractivity contribution in [1.29, 1.82) is 0 Å². The number of aromatic nitrogens is 2. The lowest BCUT2D eigenvalue weighted by Gasteiger charge is -2.42. The molecule has 0 saturated heterocycles. The first-order chi connectivity index (χ1) is 15.6. The third kappa shape index (κ3) is 4.87. The highest BCUT2D eigenvalue weighted by Crippen LogP contribution is 2.31. The van der Waals surface area contributed by atoms with Crippen molar-refractivity contribution in [3.63, 3.8) is 0 Å². The van der Waals surface area contributed by atoms with Gasteiger partial charge in [-0.25, -0.2) is 4.98 Å². The molecule has 0 spiro atoms. The monoisotopic (exact) mass is 433 g/mol. The maximum absolute atomic E-state index is 11.0. The third-order valence-electron chi connectivity index (χ3n) is 6.75. The predicted octanol–water partition coefficient (Wildman–Crippen LogP) is 3.82. The zero-order chi connectivity index (χ0) is 21.9. The summed E-state index contributed by atoms with van der Waals surface area (Å²) in [4.78, 5) is 21.7. The number of ether oxygens (including phenoxy) is 2. The van der Waals surface area contributed by atoms with Crippen LogP contribution in [0.15, 0.2) is 42.5 Å². The van der Waals surface area contributed by atoms with E-state index in [0.717, 1.165) is 55.6 Å². The van der Waals surface area contributed by atoms with Crippen molar-refractivity contribution in [2.45, 2.75) is 57.8 Å². The predicted molar refractivity (Wildman–Crippen MR) is 123 cm³/mol. The van der Waals surface area contributed by atoms with Gasteiger partial charge in [-0.05, 0) is 54.5 Å². The van der Waals surface area contributed by atoms with Gasteiger partial charge in [-0.3, -0.25) is 9.69 Å². The molecule has 168 valence electrons. The Morgan fingerprint density at radius 1 is 1.12 bits per heavy atom. The fourth-order valence-electron chi connectivity index (χ4n) is 4.84. The van der Waals surface area contributed by atoms with E-state index in [-0.39, 0.29) is 5.97 Å². The van der Waals surface area contributed by atoms with Gasteiger partial charge < -0.3 is 14.5 Å². The van der Waals surface area contributed by atoms with Gasteiger partial charge >= 0.3 is 5.97 Å². The lowest BCUT2D eigenvalue weighted by molar-refractivity contribution is -0.140. The van der Waals surface area contributed by atoms with Crippen molar-refractivity contribution in [2.24, 2.45) is 0 Å². The molecule has 0 radical (unpaired) electrons. The number of esters is 1. The van der Waals surface area contributed by atoms with Crippen LogP contribution in [-0.2, 0) is 40.1 Å². The summed E-state index contributed by atoms with van der Waals surface area (Å²) in [5, 5.41) is 0. The van der Waals surface area contributed by atoms with Gasteiger partial charge in [-0.2, -0.15) is 0 Å². The Balaban J connectivity index is 1.14. The van der Waals surface area contributed by atoms with Crippen molar-refractivity contribution in [3.8, 4) is 0 Å². The normalized spacial score (nSPS) is 21.0. The van der Waals surface area contributed by atoms with Gasteiger partial charge in [0.15, 0.2) is 0 Å². The highest BCUT2D eigenvalue weighted by molar-refractivity contribution is 5.77. The van der Waals surface area contributed by atoms with Gasteiger partial charge in [-0.15, -0.1) is 0 Å². The Morgan fingerprint density at radius 3 is 2.62 bits per heavy atom. The summed E-state index contributed by atoms with van der Waals surface area (Å²) in [6.45, 7) is 4.70. The number of imidazole rings is 1. The molecule has 3 aromatic rings. The Labute approximate surface area is 188 Å². The molecule has 0 bridgehead atoms. The fourth-order valence-corrected chi connectivity index (χ4v) is 4.84. The van der Waals surface area contributed by atoms with Crippen LogP contribution in [0.4, 0.5) is 0 Å². The Bertz CT molecular complexity index is 1030. The van der Waals surface area contributed by atoms with Crippen LogP contribution in [0.1, 0.15) is 42.3 Å². The average molecular weight is 434 g/mol. The summed E-state index contributed by atoms with van der Waals surface area (Å²) >= 11 is 0. The number of aromatic amines is 1. The number of fused-ring (bicyclic) bond motifs is 2. The van der Waals surface area contributed by atoms with E-state index in [0.29, 0.717) is 31.8 Å². The molecule has 2 aliphatic rings. The highest BCUT2D eigenvalue weighted by atomic mass is 16.5. The quantitative estimate of drug-likeness (QED) is 0.574. The van der Waals surface area contributed by atoms with E-state index in [1.165, 1.54) is 23.6 Å². The number of nitrogens with one attached hydrogen (secondary N) is 1. The van der Waals surface area contributed by atoms with Gasteiger partial charge in [0.05, 0.1) is 30.4 Å². The van der Waals surface area contributed by atoms with Crippen LogP contribution in [0.25, 0.3) is 11.0 Å². The molecule has 6 nitrogen and oxygen atoms in total. The maximum Gasteiger partial charge on any atom is 0.302 e. The summed E-state index contributed by atoms with van der Waals surface area (Å²) in [7, 11) is 0. The SMILES string of the molecule is CC(=O)OCCc1nc2cc3c(cc2[nH]1)CCN(C1CC(OCc2ccccc2)C1)CC3. The lowest BCUT2D eigenvalue weighted by Crippen LogP contribution is -2.49. The first kappa shape index (κ1) is 21.2. The van der Waals surface area contributed by atoms with Crippen LogP contribution >= 0.6 is 0 Å². The zero-order valence-electron chi connectivity index (χ0n) is 18.7. The summed E-state index contributed by atoms with van der Waals surface area (Å²) in [6.07, 6.45) is 5.40. The largest absolute Gasteiger partial charge is 0.465 e. The minimum Gasteiger partial charge on any atom is -0.465 e. The van der Waals surface area contributed by atoms with Gasteiger partial charge in [0.25, 0.3) is 0 Å². The smallest absolute Gasteiger partial charge is 0.302 e. The molecule has 1 saturated carbocycles. The molecule has 2 heterocycles. The first-order valence-electron chi connectivity index (χ1n) is 11.7. The van der Waals surface area contributed by atoms with Gasteiger partial charge in [0.2, 0.25) is 0 Å². The number of nitrogens with zero attached hydrogens (tertiary/aromatic N) is 2. The zero-order valence-corrected chi connectivity index (χ0v) is 18.7. The number of rotatable bonds is 7. The number of carbonyl (C=O) groups is 1. The van der Waals surface area contributed by atoms with E-state index in [1.807, 2.05) is 6.07 Å². The van der Waals surface area contributed by atoms with Gasteiger partial charge in [0.1, 0.15) is 5.82 Å². The molecule has 1 N–H and O–H groups in total. The summed E-state index contributed by atoms with van der Waals surface area (Å²) in [5.74, 6) is 0.622. The minimum absolute atomic E-state index is 0.252. The van der Waals surface area contributed by atoms with Crippen LogP contribution < -0.4 is 0 Å². The van der Waals surface area contributed by atoms with Gasteiger partial charge in [0, 0.05) is 32.5 Å². The molecular weight excluding hydrogens is 402 g/mol. The second-order valence-corrected chi connectivity index (χ2v) is 8.99. The molecule has 5 rings (SSSR count). The van der Waals surface area contributed by atoms with Crippen molar-refractivity contribution < 1.29 is 14.3 Å². The Kier molecular flexibility index (Phi) is 6.23. The Morgan fingerprint density at radius 2 is 1.88 bits per heavy atom. The van der Waals surface area contributed by atoms with Crippen molar-refractivity contribution >= 4 is 17.0 Å². The van der Waals surface area contributed by atoms with E-state index in [9.17, 15) is 4.79 Å². The minimum atomic E-state index is -0.252. The molecule has 0 unspecified atom stereocenters. The standard InChI is InChI=1S/C26H31N3O3/c1-18(30)31-12-9-26-27-24-13-20-7-10-29(11-8-21(20)14-25(24)28-26)22-15-23(16-22)32-17-19-5-3-2-4-6-19/h2-6,13-14,22-23H,7-12,15-17H2,1H3,(H,27,28). The number of hydrogen-bond acceptors (Lipinski definition) is 5. The molecular formula is C26H31N3O3. The van der Waals surface area contributed by atoms with Gasteiger partial charge in [-0.1, -0.05) is 30.3 Å². The fraction of sp³-hybridized carbons (Fsp3) is 0.462. The lowest BCUT2D eigenvalue weighted by atomic mass is 9.87. The van der Waals surface area contributed by atoms with E-state index in [4.69, 9.17) is 14.5 Å². The first-order valence-corrected chi connectivity index (χ1v) is 11.7. The summed E-state index contributed by atoms with van der Waals surface area (Å²) < 4.78 is 11.1. The van der Waals surface area contributed by atoms with Crippen LogP contribution in [-0.4, -0.2) is 52.7 Å². The molecule has 1 aliphatic carbocycles. The van der Waals surface area contributed by atoms with Crippen molar-refractivity contribution in [2.75, 3.05) is 19.7 Å². The molecule has 0 amide bonds. The number of benzene rings is 2. The van der Waals surface area contributed by atoms with Crippen molar-refractivity contribution in [3.05, 3.63) is 65.0 Å². The topological polar surface area (TPSA) is 67.5 Å². The second-order valence-electron chi connectivity index (χ2n) is 8.99. The van der Waals surface area contributed by atoms with Crippen LogP contribution in [0.3, 0.4) is 0 Å². The van der Waals surface area contributed by atoms with E-state index >= 15 is 0 Å². The van der Waals surface area contributed by atoms with E-state index in [2.05, 4.69) is 46.3 Å². The maximum atomic E-state index is 11.0. The molecule has 32 heavy (non-hydrogen) atoms. The summed E-state index contributed by atoms with van der Waals surface area (Å²) in [6, 6.07) is 15.6. The van der Waals surface area contributed by atoms with Crippen LogP contribution in [0, 0.1) is 0 Å².